The van der Waals surface area contributed by atoms with Crippen molar-refractivity contribution < 1.29 is 0 Å². The summed E-state index contributed by atoms with van der Waals surface area (Å²) in [5.41, 5.74) is 5.70. The molecule has 150 valence electrons. The molecular formula is C21H26N8. The minimum atomic E-state index is 0.769. The Morgan fingerprint density at radius 2 is 2.00 bits per heavy atom. The lowest BCUT2D eigenvalue weighted by atomic mass is 10.0. The van der Waals surface area contributed by atoms with Gasteiger partial charge in [0.15, 0.2) is 5.82 Å². The summed E-state index contributed by atoms with van der Waals surface area (Å²) in [6, 6.07) is 6.39. The van der Waals surface area contributed by atoms with Crippen molar-refractivity contribution in [3.8, 4) is 22.5 Å². The summed E-state index contributed by atoms with van der Waals surface area (Å²) in [6.07, 6.45) is 7.69. The van der Waals surface area contributed by atoms with Crippen LogP contribution in [0, 0.1) is 0 Å². The summed E-state index contributed by atoms with van der Waals surface area (Å²) in [7, 11) is 1.86. The topological polar surface area (TPSA) is 84.6 Å². The van der Waals surface area contributed by atoms with Crippen molar-refractivity contribution in [2.45, 2.75) is 32.1 Å². The van der Waals surface area contributed by atoms with Crippen LogP contribution in [-0.2, 0) is 13.5 Å². The van der Waals surface area contributed by atoms with Crippen LogP contribution < -0.4 is 5.32 Å². The van der Waals surface area contributed by atoms with Crippen LogP contribution in [0.3, 0.4) is 0 Å². The van der Waals surface area contributed by atoms with E-state index < -0.39 is 0 Å². The number of hydrogen-bond donors (Lipinski definition) is 1. The average Bonchev–Trinajstić information content (AvgIpc) is 3.35. The molecule has 2 aliphatic rings. The number of hydrogen-bond acceptors (Lipinski definition) is 7. The largest absolute Gasteiger partial charge is 0.369 e. The molecule has 0 radical (unpaired) electrons. The van der Waals surface area contributed by atoms with Crippen molar-refractivity contribution >= 4 is 5.82 Å². The molecule has 3 aromatic rings. The summed E-state index contributed by atoms with van der Waals surface area (Å²) in [6.45, 7) is 4.59. The van der Waals surface area contributed by atoms with E-state index in [0.717, 1.165) is 54.4 Å². The van der Waals surface area contributed by atoms with Crippen LogP contribution in [0.4, 0.5) is 5.82 Å². The molecule has 29 heavy (non-hydrogen) atoms. The number of nitrogens with zero attached hydrogens (tertiary/aromatic N) is 7. The second-order valence-electron chi connectivity index (χ2n) is 7.90. The third-order valence-electron chi connectivity index (χ3n) is 5.93. The molecule has 5 rings (SSSR count). The number of nitrogens with one attached hydrogen (secondary N) is 1. The van der Waals surface area contributed by atoms with Crippen LogP contribution in [0.2, 0.25) is 0 Å². The van der Waals surface area contributed by atoms with E-state index in [1.807, 2.05) is 7.05 Å². The number of likely N-dealkylation sites (tertiary alicyclic amines) is 1. The van der Waals surface area contributed by atoms with Crippen molar-refractivity contribution in [1.29, 1.82) is 0 Å². The SMILES string of the molecule is Cn1nnnc1-c1ccc2c(c1)Cc1ncnc(NCCCN3CCCCC3)c1-2. The van der Waals surface area contributed by atoms with Gasteiger partial charge in [0.05, 0.1) is 5.69 Å². The van der Waals surface area contributed by atoms with Gasteiger partial charge in [0.1, 0.15) is 12.1 Å². The fourth-order valence-corrected chi connectivity index (χ4v) is 4.44. The Labute approximate surface area is 170 Å². The summed E-state index contributed by atoms with van der Waals surface area (Å²) in [4.78, 5) is 11.7. The van der Waals surface area contributed by atoms with Gasteiger partial charge in [0.2, 0.25) is 0 Å². The first-order valence-corrected chi connectivity index (χ1v) is 10.5. The van der Waals surface area contributed by atoms with Gasteiger partial charge < -0.3 is 10.2 Å². The first-order valence-electron chi connectivity index (χ1n) is 10.5. The standard InChI is InChI=1S/C21H26N8/c1-28-21(25-26-27-28)15-6-7-17-16(12-15)13-18-19(17)20(24-14-23-18)22-8-5-11-29-9-3-2-4-10-29/h6-7,12,14H,2-5,8-11,13H2,1H3,(H,22,23,24). The Balaban J connectivity index is 1.31. The van der Waals surface area contributed by atoms with Gasteiger partial charge in [-0.3, -0.25) is 0 Å². The van der Waals surface area contributed by atoms with Gasteiger partial charge in [0.25, 0.3) is 0 Å². The van der Waals surface area contributed by atoms with Gasteiger partial charge in [-0.2, -0.15) is 0 Å². The Morgan fingerprint density at radius 1 is 1.10 bits per heavy atom. The highest BCUT2D eigenvalue weighted by molar-refractivity contribution is 5.85. The Kier molecular flexibility index (Phi) is 4.93. The minimum absolute atomic E-state index is 0.769. The summed E-state index contributed by atoms with van der Waals surface area (Å²) in [5, 5.41) is 15.4. The zero-order valence-corrected chi connectivity index (χ0v) is 16.8. The second kappa shape index (κ2) is 7.87. The van der Waals surface area contributed by atoms with E-state index in [1.54, 1.807) is 11.0 Å². The number of tetrazole rings is 1. The maximum Gasteiger partial charge on any atom is 0.181 e. The normalized spacial score (nSPS) is 15.9. The highest BCUT2D eigenvalue weighted by atomic mass is 15.5. The van der Waals surface area contributed by atoms with Gasteiger partial charge in [-0.1, -0.05) is 18.6 Å². The molecule has 1 saturated heterocycles. The number of aryl methyl sites for hydroxylation is 1. The molecule has 1 aromatic carbocycles. The van der Waals surface area contributed by atoms with Gasteiger partial charge >= 0.3 is 0 Å². The lowest BCUT2D eigenvalue weighted by molar-refractivity contribution is 0.228. The third kappa shape index (κ3) is 3.60. The zero-order valence-electron chi connectivity index (χ0n) is 16.8. The minimum Gasteiger partial charge on any atom is -0.369 e. The highest BCUT2D eigenvalue weighted by Gasteiger charge is 2.24. The molecule has 1 aliphatic heterocycles. The predicted molar refractivity (Wildman–Crippen MR) is 111 cm³/mol. The first kappa shape index (κ1) is 18.2. The van der Waals surface area contributed by atoms with Gasteiger partial charge in [-0.25, -0.2) is 14.6 Å². The molecule has 8 nitrogen and oxygen atoms in total. The van der Waals surface area contributed by atoms with E-state index in [1.165, 1.54) is 43.5 Å². The molecule has 3 heterocycles. The van der Waals surface area contributed by atoms with Crippen molar-refractivity contribution in [2.75, 3.05) is 31.5 Å². The molecular weight excluding hydrogens is 364 g/mol. The number of fused-ring (bicyclic) bond motifs is 3. The molecule has 0 amide bonds. The number of anilines is 1. The fourth-order valence-electron chi connectivity index (χ4n) is 4.44. The van der Waals surface area contributed by atoms with Crippen LogP contribution in [0.15, 0.2) is 24.5 Å². The average molecular weight is 390 g/mol. The number of rotatable bonds is 6. The van der Waals surface area contributed by atoms with Gasteiger partial charge in [0, 0.05) is 31.1 Å². The van der Waals surface area contributed by atoms with Crippen LogP contribution in [0.1, 0.15) is 36.9 Å². The van der Waals surface area contributed by atoms with E-state index >= 15 is 0 Å². The molecule has 2 aromatic heterocycles. The van der Waals surface area contributed by atoms with E-state index in [9.17, 15) is 0 Å². The Bertz CT molecular complexity index is 1010. The second-order valence-corrected chi connectivity index (χ2v) is 7.90. The predicted octanol–water partition coefficient (Wildman–Crippen LogP) is 2.53. The first-order chi connectivity index (χ1) is 14.3. The van der Waals surface area contributed by atoms with E-state index in [2.05, 4.69) is 53.9 Å². The molecule has 1 fully saturated rings. The maximum absolute atomic E-state index is 4.55. The molecule has 1 aliphatic carbocycles. The number of aromatic nitrogens is 6. The monoisotopic (exact) mass is 390 g/mol. The zero-order chi connectivity index (χ0) is 19.6. The quantitative estimate of drug-likeness (QED) is 0.506. The molecule has 1 N–H and O–H groups in total. The number of piperidine rings is 1. The van der Waals surface area contributed by atoms with Crippen molar-refractivity contribution in [2.24, 2.45) is 7.05 Å². The van der Waals surface area contributed by atoms with Crippen LogP contribution in [0.25, 0.3) is 22.5 Å². The molecule has 0 atom stereocenters. The van der Waals surface area contributed by atoms with E-state index in [0.29, 0.717) is 0 Å². The molecule has 0 bridgehead atoms. The summed E-state index contributed by atoms with van der Waals surface area (Å²) >= 11 is 0. The lowest BCUT2D eigenvalue weighted by Gasteiger charge is -2.26. The van der Waals surface area contributed by atoms with Crippen molar-refractivity contribution in [3.63, 3.8) is 0 Å². The molecule has 0 spiro atoms. The molecule has 0 saturated carbocycles. The van der Waals surface area contributed by atoms with Crippen LogP contribution in [-0.4, -0.2) is 61.3 Å². The molecule has 0 unspecified atom stereocenters. The van der Waals surface area contributed by atoms with Gasteiger partial charge in [-0.15, -0.1) is 5.10 Å². The molecule has 8 heteroatoms. The smallest absolute Gasteiger partial charge is 0.181 e. The third-order valence-corrected chi connectivity index (χ3v) is 5.93. The number of benzene rings is 1. The summed E-state index contributed by atoms with van der Waals surface area (Å²) < 4.78 is 1.69. The van der Waals surface area contributed by atoms with Crippen LogP contribution in [0.5, 0.6) is 0 Å². The fraction of sp³-hybridized carbons (Fsp3) is 0.476. The van der Waals surface area contributed by atoms with Gasteiger partial charge in [-0.05, 0) is 66.5 Å². The van der Waals surface area contributed by atoms with Crippen molar-refractivity contribution in [1.82, 2.24) is 35.1 Å². The van der Waals surface area contributed by atoms with Crippen LogP contribution >= 0.6 is 0 Å². The highest BCUT2D eigenvalue weighted by Crippen LogP contribution is 2.40. The van der Waals surface area contributed by atoms with E-state index in [-0.39, 0.29) is 0 Å². The maximum atomic E-state index is 4.55. The van der Waals surface area contributed by atoms with Crippen molar-refractivity contribution in [3.05, 3.63) is 35.8 Å². The summed E-state index contributed by atoms with van der Waals surface area (Å²) in [5.74, 6) is 1.71. The Hall–Kier alpha value is -2.87. The van der Waals surface area contributed by atoms with E-state index in [4.69, 9.17) is 0 Å². The Morgan fingerprint density at radius 3 is 2.83 bits per heavy atom. The lowest BCUT2D eigenvalue weighted by Crippen LogP contribution is -2.31.